The van der Waals surface area contributed by atoms with Crippen molar-refractivity contribution in [2.75, 3.05) is 12.3 Å². The second kappa shape index (κ2) is 6.15. The molecule has 1 aliphatic carbocycles. The summed E-state index contributed by atoms with van der Waals surface area (Å²) < 4.78 is 12.9. The van der Waals surface area contributed by atoms with Crippen molar-refractivity contribution >= 4 is 17.3 Å². The molecule has 1 saturated heterocycles. The van der Waals surface area contributed by atoms with Crippen molar-refractivity contribution in [1.29, 1.82) is 0 Å². The Morgan fingerprint density at radius 1 is 1.41 bits per heavy atom. The molecule has 146 valence electrons. The fourth-order valence-corrected chi connectivity index (χ4v) is 3.79. The highest BCUT2D eigenvalue weighted by atomic mass is 16.6. The molecule has 1 aliphatic heterocycles. The van der Waals surface area contributed by atoms with Crippen LogP contribution in [-0.2, 0) is 14.3 Å². The lowest BCUT2D eigenvalue weighted by atomic mass is 9.70. The number of rotatable bonds is 4. The number of nitrogens with two attached hydrogens (primary N) is 1. The van der Waals surface area contributed by atoms with Crippen LogP contribution in [0.2, 0.25) is 0 Å². The Morgan fingerprint density at radius 3 is 2.81 bits per heavy atom. The number of nitrogens with zero attached hydrogens (tertiary/aromatic N) is 3. The Labute approximate surface area is 156 Å². The molecule has 1 saturated carbocycles. The highest BCUT2D eigenvalue weighted by Crippen LogP contribution is 2.43. The van der Waals surface area contributed by atoms with E-state index >= 15 is 0 Å². The normalized spacial score (nSPS) is 32.4. The van der Waals surface area contributed by atoms with Crippen LogP contribution in [0.15, 0.2) is 18.5 Å². The molecule has 2 aliphatic rings. The SMILES string of the molecule is CC1(C(=O)OC[C@@]2(C)O[C@@H](c3ccc4c(N)ncnn34)[C@H](O)[C@@H]2O)CCC1. The van der Waals surface area contributed by atoms with E-state index in [2.05, 4.69) is 10.1 Å². The van der Waals surface area contributed by atoms with Crippen LogP contribution in [0.25, 0.3) is 5.52 Å². The highest BCUT2D eigenvalue weighted by molar-refractivity contribution is 5.77. The fourth-order valence-electron chi connectivity index (χ4n) is 3.79. The summed E-state index contributed by atoms with van der Waals surface area (Å²) in [6.07, 6.45) is 0.637. The van der Waals surface area contributed by atoms with Gasteiger partial charge >= 0.3 is 5.97 Å². The molecular weight excluding hydrogens is 352 g/mol. The summed E-state index contributed by atoms with van der Waals surface area (Å²) in [6, 6.07) is 3.44. The van der Waals surface area contributed by atoms with Gasteiger partial charge in [-0.25, -0.2) is 9.50 Å². The molecule has 0 aromatic carbocycles. The van der Waals surface area contributed by atoms with Gasteiger partial charge in [-0.1, -0.05) is 6.42 Å². The highest BCUT2D eigenvalue weighted by Gasteiger charge is 2.54. The van der Waals surface area contributed by atoms with E-state index in [-0.39, 0.29) is 12.6 Å². The van der Waals surface area contributed by atoms with Crippen LogP contribution >= 0.6 is 0 Å². The van der Waals surface area contributed by atoms with Crippen molar-refractivity contribution in [1.82, 2.24) is 14.6 Å². The Bertz CT molecular complexity index is 880. The van der Waals surface area contributed by atoms with Crippen LogP contribution < -0.4 is 5.73 Å². The van der Waals surface area contributed by atoms with E-state index in [9.17, 15) is 15.0 Å². The lowest BCUT2D eigenvalue weighted by Crippen LogP contribution is -2.46. The molecule has 9 heteroatoms. The van der Waals surface area contributed by atoms with Crippen molar-refractivity contribution in [3.8, 4) is 0 Å². The van der Waals surface area contributed by atoms with E-state index < -0.39 is 29.3 Å². The molecular formula is C18H24N4O5. The number of ether oxygens (including phenoxy) is 2. The first kappa shape index (κ1) is 18.1. The summed E-state index contributed by atoms with van der Waals surface area (Å²) in [5.41, 5.74) is 5.27. The smallest absolute Gasteiger partial charge is 0.311 e. The summed E-state index contributed by atoms with van der Waals surface area (Å²) >= 11 is 0. The minimum Gasteiger partial charge on any atom is -0.462 e. The zero-order valence-electron chi connectivity index (χ0n) is 15.3. The van der Waals surface area contributed by atoms with Gasteiger partial charge in [-0.3, -0.25) is 4.79 Å². The number of anilines is 1. The number of fused-ring (bicyclic) bond motifs is 1. The molecule has 2 aromatic heterocycles. The number of esters is 1. The van der Waals surface area contributed by atoms with Crippen LogP contribution in [0.1, 0.15) is 44.9 Å². The third-order valence-electron chi connectivity index (χ3n) is 5.90. The third-order valence-corrected chi connectivity index (χ3v) is 5.90. The number of carbonyl (C=O) groups excluding carboxylic acids is 1. The topological polar surface area (TPSA) is 132 Å². The Hall–Kier alpha value is -2.23. The first-order valence-corrected chi connectivity index (χ1v) is 9.04. The predicted molar refractivity (Wildman–Crippen MR) is 94.6 cm³/mol. The van der Waals surface area contributed by atoms with Gasteiger partial charge in [0.1, 0.15) is 42.4 Å². The zero-order chi connectivity index (χ0) is 19.4. The van der Waals surface area contributed by atoms with Crippen LogP contribution in [0.5, 0.6) is 0 Å². The maximum absolute atomic E-state index is 12.3. The number of nitrogen functional groups attached to an aromatic ring is 1. The first-order valence-electron chi connectivity index (χ1n) is 9.04. The van der Waals surface area contributed by atoms with Crippen molar-refractivity contribution in [2.24, 2.45) is 5.41 Å². The van der Waals surface area contributed by atoms with Crippen LogP contribution in [0.4, 0.5) is 5.82 Å². The summed E-state index contributed by atoms with van der Waals surface area (Å²) in [5, 5.41) is 25.3. The molecule has 0 unspecified atom stereocenters. The van der Waals surface area contributed by atoms with Crippen LogP contribution in [-0.4, -0.2) is 55.2 Å². The Balaban J connectivity index is 1.54. The number of aromatic nitrogens is 3. The number of aliphatic hydroxyl groups is 2. The second-order valence-corrected chi connectivity index (χ2v) is 7.98. The molecule has 2 fully saturated rings. The molecule has 4 rings (SSSR count). The zero-order valence-corrected chi connectivity index (χ0v) is 15.3. The minimum absolute atomic E-state index is 0.142. The average molecular weight is 376 g/mol. The minimum atomic E-state index is -1.23. The van der Waals surface area contributed by atoms with Gasteiger partial charge in [0.25, 0.3) is 0 Å². The molecule has 4 N–H and O–H groups in total. The summed E-state index contributed by atoms with van der Waals surface area (Å²) in [7, 11) is 0. The summed E-state index contributed by atoms with van der Waals surface area (Å²) in [4.78, 5) is 16.2. The predicted octanol–water partition coefficient (Wildman–Crippen LogP) is 0.597. The number of hydrogen-bond donors (Lipinski definition) is 3. The number of aliphatic hydroxyl groups excluding tert-OH is 2. The molecule has 9 nitrogen and oxygen atoms in total. The van der Waals surface area contributed by atoms with E-state index in [4.69, 9.17) is 15.2 Å². The van der Waals surface area contributed by atoms with Crippen molar-refractivity contribution in [3.63, 3.8) is 0 Å². The van der Waals surface area contributed by atoms with Gasteiger partial charge in [0.05, 0.1) is 11.1 Å². The molecule has 0 radical (unpaired) electrons. The van der Waals surface area contributed by atoms with Gasteiger partial charge in [0.2, 0.25) is 0 Å². The average Bonchev–Trinajstić information content (AvgIpc) is 3.14. The van der Waals surface area contributed by atoms with E-state index in [0.717, 1.165) is 19.3 Å². The Morgan fingerprint density at radius 2 is 2.15 bits per heavy atom. The van der Waals surface area contributed by atoms with Gasteiger partial charge < -0.3 is 25.4 Å². The van der Waals surface area contributed by atoms with E-state index in [1.807, 2.05) is 6.92 Å². The molecule has 3 heterocycles. The fraction of sp³-hybridized carbons (Fsp3) is 0.611. The molecule has 2 aromatic rings. The lowest BCUT2D eigenvalue weighted by molar-refractivity contribution is -0.174. The standard InChI is InChI=1S/C18H24N4O5/c1-17(6-3-7-17)16(25)26-8-18(2)14(24)12(23)13(27-18)10-4-5-11-15(19)20-9-21-22(10)11/h4-5,9,12-14,23-24H,3,6-8H2,1-2H3,(H2,19,20,21)/t12-,13-,14-,18+/m0/s1. The summed E-state index contributed by atoms with van der Waals surface area (Å²) in [5.74, 6) is 0.00656. The van der Waals surface area contributed by atoms with Crippen molar-refractivity contribution in [2.45, 2.75) is 57.0 Å². The van der Waals surface area contributed by atoms with Crippen LogP contribution in [0, 0.1) is 5.41 Å². The molecule has 27 heavy (non-hydrogen) atoms. The van der Waals surface area contributed by atoms with Gasteiger partial charge in [0, 0.05) is 0 Å². The van der Waals surface area contributed by atoms with Gasteiger partial charge in [-0.05, 0) is 38.8 Å². The quantitative estimate of drug-likeness (QED) is 0.661. The molecule has 0 amide bonds. The maximum Gasteiger partial charge on any atom is 0.311 e. The molecule has 0 bridgehead atoms. The van der Waals surface area contributed by atoms with Gasteiger partial charge in [-0.15, -0.1) is 0 Å². The van der Waals surface area contributed by atoms with Crippen molar-refractivity contribution < 1.29 is 24.5 Å². The van der Waals surface area contributed by atoms with E-state index in [1.165, 1.54) is 10.8 Å². The monoisotopic (exact) mass is 376 g/mol. The third kappa shape index (κ3) is 2.77. The number of hydrogen-bond acceptors (Lipinski definition) is 8. The summed E-state index contributed by atoms with van der Waals surface area (Å²) in [6.45, 7) is 3.36. The molecule has 0 spiro atoms. The maximum atomic E-state index is 12.3. The first-order chi connectivity index (χ1) is 12.8. The second-order valence-electron chi connectivity index (χ2n) is 7.98. The largest absolute Gasteiger partial charge is 0.462 e. The number of carbonyl (C=O) groups is 1. The van der Waals surface area contributed by atoms with Gasteiger partial charge in [0.15, 0.2) is 5.82 Å². The van der Waals surface area contributed by atoms with Gasteiger partial charge in [-0.2, -0.15) is 5.10 Å². The lowest BCUT2D eigenvalue weighted by Gasteiger charge is -2.37. The van der Waals surface area contributed by atoms with Crippen LogP contribution in [0.3, 0.4) is 0 Å². The van der Waals surface area contributed by atoms with E-state index in [0.29, 0.717) is 17.0 Å². The molecule has 4 atom stereocenters. The van der Waals surface area contributed by atoms with Crippen molar-refractivity contribution in [3.05, 3.63) is 24.2 Å². The van der Waals surface area contributed by atoms with E-state index in [1.54, 1.807) is 19.1 Å². The Kier molecular flexibility index (Phi) is 4.13.